The number of anilines is 1. The Labute approximate surface area is 137 Å². The first kappa shape index (κ1) is 18.6. The van der Waals surface area contributed by atoms with Gasteiger partial charge in [0.05, 0.1) is 12.2 Å². The lowest BCUT2D eigenvalue weighted by atomic mass is 10.1. The number of thiazole rings is 1. The van der Waals surface area contributed by atoms with Crippen LogP contribution >= 0.6 is 11.3 Å². The summed E-state index contributed by atoms with van der Waals surface area (Å²) in [5.74, 6) is -0.127. The maximum atomic E-state index is 12.1. The second-order valence-corrected chi connectivity index (χ2v) is 6.63. The molecule has 124 valence electrons. The molecule has 1 aromatic heterocycles. The number of rotatable bonds is 9. The van der Waals surface area contributed by atoms with Gasteiger partial charge in [0.2, 0.25) is 11.8 Å². The van der Waals surface area contributed by atoms with Crippen LogP contribution in [0.5, 0.6) is 0 Å². The summed E-state index contributed by atoms with van der Waals surface area (Å²) in [4.78, 5) is 31.1. The van der Waals surface area contributed by atoms with Gasteiger partial charge in [-0.2, -0.15) is 0 Å². The summed E-state index contributed by atoms with van der Waals surface area (Å²) in [5.41, 5.74) is 0.930. The molecule has 0 unspecified atom stereocenters. The number of aromatic nitrogens is 1. The maximum Gasteiger partial charge on any atom is 0.245 e. The summed E-state index contributed by atoms with van der Waals surface area (Å²) in [6.45, 7) is 8.58. The van der Waals surface area contributed by atoms with E-state index in [1.807, 2.05) is 20.8 Å². The molecule has 0 bridgehead atoms. The minimum atomic E-state index is -0.183. The zero-order chi connectivity index (χ0) is 16.5. The molecule has 0 aliphatic carbocycles. The molecule has 2 amide bonds. The predicted octanol–water partition coefficient (Wildman–Crippen LogP) is 3.52. The smallest absolute Gasteiger partial charge is 0.245 e. The first-order valence-corrected chi connectivity index (χ1v) is 8.81. The van der Waals surface area contributed by atoms with Gasteiger partial charge in [0.1, 0.15) is 0 Å². The number of aryl methyl sites for hydroxylation is 2. The van der Waals surface area contributed by atoms with Crippen molar-refractivity contribution in [1.82, 2.24) is 9.88 Å². The lowest BCUT2D eigenvalue weighted by molar-refractivity contribution is -0.134. The van der Waals surface area contributed by atoms with Gasteiger partial charge in [0.15, 0.2) is 5.13 Å². The molecule has 0 spiro atoms. The van der Waals surface area contributed by atoms with Crippen molar-refractivity contribution < 1.29 is 9.59 Å². The topological polar surface area (TPSA) is 62.3 Å². The summed E-state index contributed by atoms with van der Waals surface area (Å²) in [6, 6.07) is 0. The van der Waals surface area contributed by atoms with Crippen molar-refractivity contribution in [3.63, 3.8) is 0 Å². The number of likely N-dealkylation sites (N-methyl/N-ethyl adjacent to an activating group) is 1. The number of hydrogen-bond acceptors (Lipinski definition) is 4. The van der Waals surface area contributed by atoms with E-state index >= 15 is 0 Å². The van der Waals surface area contributed by atoms with Crippen LogP contribution in [0.15, 0.2) is 0 Å². The van der Waals surface area contributed by atoms with E-state index in [0.29, 0.717) is 18.1 Å². The molecule has 0 aliphatic rings. The zero-order valence-corrected chi connectivity index (χ0v) is 14.9. The standard InChI is InChI=1S/C16H27N3O2S/c1-5-7-8-9-10-15(21)19(6-2)11-14(20)18-16-17-12(3)13(4)22-16/h5-11H2,1-4H3,(H,17,18,20). The fourth-order valence-electron chi connectivity index (χ4n) is 2.10. The van der Waals surface area contributed by atoms with Crippen molar-refractivity contribution >= 4 is 28.3 Å². The van der Waals surface area contributed by atoms with Gasteiger partial charge in [-0.15, -0.1) is 11.3 Å². The number of hydrogen-bond donors (Lipinski definition) is 1. The van der Waals surface area contributed by atoms with Crippen LogP contribution < -0.4 is 5.32 Å². The zero-order valence-electron chi connectivity index (χ0n) is 14.1. The molecule has 5 nitrogen and oxygen atoms in total. The molecule has 0 fully saturated rings. The Morgan fingerprint density at radius 3 is 2.45 bits per heavy atom. The molecule has 0 aromatic carbocycles. The van der Waals surface area contributed by atoms with Crippen LogP contribution in [-0.4, -0.2) is 34.8 Å². The largest absolute Gasteiger partial charge is 0.334 e. The average Bonchev–Trinajstić information content (AvgIpc) is 2.78. The normalized spacial score (nSPS) is 10.5. The molecule has 6 heteroatoms. The van der Waals surface area contributed by atoms with Crippen molar-refractivity contribution in [2.24, 2.45) is 0 Å². The Kier molecular flexibility index (Phi) is 8.09. The van der Waals surface area contributed by atoms with Crippen molar-refractivity contribution in [2.45, 2.75) is 59.8 Å². The van der Waals surface area contributed by atoms with Gasteiger partial charge in [-0.3, -0.25) is 9.59 Å². The SMILES string of the molecule is CCCCCCC(=O)N(CC)CC(=O)Nc1nc(C)c(C)s1. The monoisotopic (exact) mass is 325 g/mol. The molecule has 22 heavy (non-hydrogen) atoms. The molecule has 1 N–H and O–H groups in total. The summed E-state index contributed by atoms with van der Waals surface area (Å²) < 4.78 is 0. The van der Waals surface area contributed by atoms with E-state index in [9.17, 15) is 9.59 Å². The van der Waals surface area contributed by atoms with Crippen LogP contribution in [0.2, 0.25) is 0 Å². The van der Waals surface area contributed by atoms with Crippen molar-refractivity contribution in [3.05, 3.63) is 10.6 Å². The van der Waals surface area contributed by atoms with Crippen molar-refractivity contribution in [1.29, 1.82) is 0 Å². The van der Waals surface area contributed by atoms with Crippen LogP contribution in [-0.2, 0) is 9.59 Å². The molecular formula is C16H27N3O2S. The Morgan fingerprint density at radius 2 is 1.91 bits per heavy atom. The minimum Gasteiger partial charge on any atom is -0.334 e. The number of carbonyl (C=O) groups is 2. The highest BCUT2D eigenvalue weighted by molar-refractivity contribution is 7.15. The van der Waals surface area contributed by atoms with Gasteiger partial charge < -0.3 is 10.2 Å². The molecular weight excluding hydrogens is 298 g/mol. The lowest BCUT2D eigenvalue weighted by Crippen LogP contribution is -2.37. The van der Waals surface area contributed by atoms with Crippen LogP contribution in [0.3, 0.4) is 0 Å². The first-order chi connectivity index (χ1) is 10.5. The third kappa shape index (κ3) is 6.13. The average molecular weight is 325 g/mol. The highest BCUT2D eigenvalue weighted by Crippen LogP contribution is 2.20. The summed E-state index contributed by atoms with van der Waals surface area (Å²) in [6.07, 6.45) is 4.80. The van der Waals surface area contributed by atoms with Gasteiger partial charge in [-0.1, -0.05) is 26.2 Å². The van der Waals surface area contributed by atoms with Crippen LogP contribution in [0.4, 0.5) is 5.13 Å². The molecule has 0 saturated carbocycles. The molecule has 0 atom stereocenters. The molecule has 1 rings (SSSR count). The lowest BCUT2D eigenvalue weighted by Gasteiger charge is -2.20. The van der Waals surface area contributed by atoms with Gasteiger partial charge in [-0.05, 0) is 27.2 Å². The van der Waals surface area contributed by atoms with Crippen LogP contribution in [0.1, 0.15) is 56.5 Å². The van der Waals surface area contributed by atoms with Gasteiger partial charge in [0, 0.05) is 17.8 Å². The number of nitrogens with one attached hydrogen (secondary N) is 1. The number of amides is 2. The highest BCUT2D eigenvalue weighted by atomic mass is 32.1. The predicted molar refractivity (Wildman–Crippen MR) is 91.2 cm³/mol. The van der Waals surface area contributed by atoms with Crippen molar-refractivity contribution in [3.8, 4) is 0 Å². The Morgan fingerprint density at radius 1 is 1.18 bits per heavy atom. The third-order valence-electron chi connectivity index (χ3n) is 3.59. The summed E-state index contributed by atoms with van der Waals surface area (Å²) >= 11 is 1.46. The summed E-state index contributed by atoms with van der Waals surface area (Å²) in [5, 5.41) is 3.38. The molecule has 0 aliphatic heterocycles. The Balaban J connectivity index is 2.43. The highest BCUT2D eigenvalue weighted by Gasteiger charge is 2.16. The van der Waals surface area contributed by atoms with E-state index in [1.165, 1.54) is 11.3 Å². The van der Waals surface area contributed by atoms with Gasteiger partial charge >= 0.3 is 0 Å². The molecule has 0 radical (unpaired) electrons. The van der Waals surface area contributed by atoms with E-state index in [4.69, 9.17) is 0 Å². The van der Waals surface area contributed by atoms with E-state index < -0.39 is 0 Å². The molecule has 1 heterocycles. The third-order valence-corrected chi connectivity index (χ3v) is 4.58. The quantitative estimate of drug-likeness (QED) is 0.707. The number of unbranched alkanes of at least 4 members (excludes halogenated alkanes) is 3. The van der Waals surface area contributed by atoms with E-state index in [1.54, 1.807) is 4.90 Å². The Hall–Kier alpha value is -1.43. The van der Waals surface area contributed by atoms with E-state index in [2.05, 4.69) is 17.2 Å². The van der Waals surface area contributed by atoms with E-state index in [-0.39, 0.29) is 18.4 Å². The Bertz CT molecular complexity index is 480. The second-order valence-electron chi connectivity index (χ2n) is 5.43. The minimum absolute atomic E-state index is 0.0558. The maximum absolute atomic E-state index is 12.1. The van der Waals surface area contributed by atoms with Crippen LogP contribution in [0, 0.1) is 13.8 Å². The second kappa shape index (κ2) is 9.56. The molecule has 0 saturated heterocycles. The van der Waals surface area contributed by atoms with Crippen molar-refractivity contribution in [2.75, 3.05) is 18.4 Å². The van der Waals surface area contributed by atoms with Gasteiger partial charge in [0.25, 0.3) is 0 Å². The summed E-state index contributed by atoms with van der Waals surface area (Å²) in [7, 11) is 0. The number of carbonyl (C=O) groups excluding carboxylic acids is 2. The van der Waals surface area contributed by atoms with Crippen LogP contribution in [0.25, 0.3) is 0 Å². The molecule has 1 aromatic rings. The van der Waals surface area contributed by atoms with Gasteiger partial charge in [-0.25, -0.2) is 4.98 Å². The van der Waals surface area contributed by atoms with E-state index in [0.717, 1.165) is 36.3 Å². The first-order valence-electron chi connectivity index (χ1n) is 7.99. The number of nitrogens with zero attached hydrogens (tertiary/aromatic N) is 2. The fourth-order valence-corrected chi connectivity index (χ4v) is 2.93. The fraction of sp³-hybridized carbons (Fsp3) is 0.688.